The van der Waals surface area contributed by atoms with Gasteiger partial charge in [0.1, 0.15) is 0 Å². The summed E-state index contributed by atoms with van der Waals surface area (Å²) in [6.45, 7) is 22.4. The number of hydrogen-bond donors (Lipinski definition) is 0. The Morgan fingerprint density at radius 2 is 1.29 bits per heavy atom. The lowest BCUT2D eigenvalue weighted by atomic mass is 10.00. The van der Waals surface area contributed by atoms with Crippen LogP contribution in [0.15, 0.2) is 12.2 Å². The lowest BCUT2D eigenvalue weighted by Crippen LogP contribution is -1.92. The van der Waals surface area contributed by atoms with Crippen LogP contribution >= 0.6 is 0 Å². The molecule has 0 aromatic rings. The van der Waals surface area contributed by atoms with Crippen LogP contribution in [0.25, 0.3) is 0 Å². The summed E-state index contributed by atoms with van der Waals surface area (Å²) in [6, 6.07) is 0. The molecule has 0 aromatic heterocycles. The topological polar surface area (TPSA) is 0 Å². The molecule has 0 radical (unpaired) electrons. The second-order valence-electron chi connectivity index (χ2n) is 2.54. The molecule has 0 aromatic carbocycles. The number of hydrogen-bond acceptors (Lipinski definition) is 0. The van der Waals surface area contributed by atoms with E-state index in [-0.39, 0.29) is 0 Å². The molecular formula is C14H34. The van der Waals surface area contributed by atoms with Crippen molar-refractivity contribution in [3.05, 3.63) is 12.2 Å². The molecule has 0 heteroatoms. The largest absolute Gasteiger partial charge is 0.0999 e. The van der Waals surface area contributed by atoms with E-state index in [0.29, 0.717) is 0 Å². The molecule has 0 bridgehead atoms. The fourth-order valence-corrected chi connectivity index (χ4v) is 0.679. The van der Waals surface area contributed by atoms with Crippen molar-refractivity contribution in [1.29, 1.82) is 0 Å². The van der Waals surface area contributed by atoms with Crippen molar-refractivity contribution in [2.75, 3.05) is 0 Å². The minimum absolute atomic E-state index is 0.722. The van der Waals surface area contributed by atoms with Gasteiger partial charge in [-0.1, -0.05) is 74.0 Å². The maximum absolute atomic E-state index is 3.87. The molecule has 14 heavy (non-hydrogen) atoms. The summed E-state index contributed by atoms with van der Waals surface area (Å²) in [5.41, 5.74) is 1.31. The molecule has 1 atom stereocenters. The average Bonchev–Trinajstić information content (AvgIpc) is 2.27. The maximum atomic E-state index is 3.87. The van der Waals surface area contributed by atoms with Crippen molar-refractivity contribution in [2.24, 2.45) is 5.92 Å². The quantitative estimate of drug-likeness (QED) is 0.487. The molecular weight excluding hydrogens is 168 g/mol. The summed E-state index contributed by atoms with van der Waals surface area (Å²) in [5, 5.41) is 0. The molecule has 0 heterocycles. The van der Waals surface area contributed by atoms with Crippen LogP contribution in [0.1, 0.15) is 75.2 Å². The fourth-order valence-electron chi connectivity index (χ4n) is 0.679. The lowest BCUT2D eigenvalue weighted by molar-refractivity contribution is 0.603. The average molecular weight is 202 g/mol. The van der Waals surface area contributed by atoms with E-state index in [9.17, 15) is 0 Å². The molecule has 0 spiro atoms. The Bertz CT molecular complexity index is 72.1. The third kappa shape index (κ3) is 29.8. The van der Waals surface area contributed by atoms with Gasteiger partial charge in [0.05, 0.1) is 0 Å². The third-order valence-electron chi connectivity index (χ3n) is 1.56. The summed E-state index contributed by atoms with van der Waals surface area (Å²) in [4.78, 5) is 0. The van der Waals surface area contributed by atoms with Gasteiger partial charge in [0.15, 0.2) is 0 Å². The fraction of sp³-hybridized carbons (Fsp3) is 0.857. The molecule has 0 saturated heterocycles. The van der Waals surface area contributed by atoms with Crippen molar-refractivity contribution in [1.82, 2.24) is 0 Å². The van der Waals surface area contributed by atoms with Gasteiger partial charge in [-0.2, -0.15) is 0 Å². The summed E-state index contributed by atoms with van der Waals surface area (Å²) in [5.74, 6) is 0.722. The zero-order valence-corrected chi connectivity index (χ0v) is 12.2. The van der Waals surface area contributed by atoms with Crippen LogP contribution in [0.4, 0.5) is 0 Å². The first-order valence-corrected chi connectivity index (χ1v) is 6.33. The van der Waals surface area contributed by atoms with Crippen LogP contribution in [0.2, 0.25) is 0 Å². The second-order valence-corrected chi connectivity index (χ2v) is 2.54. The second kappa shape index (κ2) is 29.3. The summed E-state index contributed by atoms with van der Waals surface area (Å²) >= 11 is 0. The van der Waals surface area contributed by atoms with Crippen molar-refractivity contribution in [3.8, 4) is 0 Å². The van der Waals surface area contributed by atoms with Gasteiger partial charge >= 0.3 is 0 Å². The van der Waals surface area contributed by atoms with Gasteiger partial charge in [0.2, 0.25) is 0 Å². The van der Waals surface area contributed by atoms with E-state index in [2.05, 4.69) is 27.4 Å². The normalized spacial score (nSPS) is 8.93. The molecule has 0 amide bonds. The minimum atomic E-state index is 0.722. The Kier molecular flexibility index (Phi) is 49.2. The van der Waals surface area contributed by atoms with E-state index >= 15 is 0 Å². The number of rotatable bonds is 3. The first-order valence-electron chi connectivity index (χ1n) is 6.33. The highest BCUT2D eigenvalue weighted by Crippen LogP contribution is 2.12. The highest BCUT2D eigenvalue weighted by Gasteiger charge is 1.97. The van der Waals surface area contributed by atoms with Gasteiger partial charge < -0.3 is 0 Å². The predicted molar refractivity (Wildman–Crippen MR) is 72.9 cm³/mol. The maximum Gasteiger partial charge on any atom is -0.0237 e. The molecule has 0 aliphatic heterocycles. The van der Waals surface area contributed by atoms with E-state index < -0.39 is 0 Å². The third-order valence-corrected chi connectivity index (χ3v) is 1.56. The van der Waals surface area contributed by atoms with E-state index in [4.69, 9.17) is 0 Å². The predicted octanol–water partition coefficient (Wildman–Crippen LogP) is 6.08. The van der Waals surface area contributed by atoms with E-state index in [1.54, 1.807) is 0 Å². The molecule has 0 aliphatic rings. The van der Waals surface area contributed by atoms with Crippen LogP contribution in [-0.4, -0.2) is 0 Å². The van der Waals surface area contributed by atoms with Crippen molar-refractivity contribution in [2.45, 2.75) is 75.2 Å². The smallest absolute Gasteiger partial charge is 0.0237 e. The summed E-state index contributed by atoms with van der Waals surface area (Å²) in [7, 11) is 0. The first kappa shape index (κ1) is 23.5. The lowest BCUT2D eigenvalue weighted by Gasteiger charge is -2.06. The molecule has 0 fully saturated rings. The first-order chi connectivity index (χ1) is 6.68. The van der Waals surface area contributed by atoms with Crippen molar-refractivity contribution < 1.29 is 0 Å². The SMILES string of the molecule is C=C(C)C(C)CCC.CC.CC.CC. The molecule has 0 N–H and O–H groups in total. The highest BCUT2D eigenvalue weighted by molar-refractivity contribution is 4.93. The Morgan fingerprint density at radius 3 is 1.36 bits per heavy atom. The zero-order valence-electron chi connectivity index (χ0n) is 12.2. The van der Waals surface area contributed by atoms with E-state index in [0.717, 1.165) is 5.92 Å². The van der Waals surface area contributed by atoms with Crippen LogP contribution in [0.5, 0.6) is 0 Å². The number of allylic oxidation sites excluding steroid dienone is 1. The van der Waals surface area contributed by atoms with Gasteiger partial charge in [-0.15, -0.1) is 0 Å². The highest BCUT2D eigenvalue weighted by atomic mass is 14.0. The molecule has 0 aliphatic carbocycles. The Morgan fingerprint density at radius 1 is 1.00 bits per heavy atom. The zero-order chi connectivity index (χ0) is 12.6. The van der Waals surface area contributed by atoms with Crippen molar-refractivity contribution in [3.63, 3.8) is 0 Å². The molecule has 0 saturated carbocycles. The van der Waals surface area contributed by atoms with E-state index in [1.165, 1.54) is 18.4 Å². The Hall–Kier alpha value is -0.260. The van der Waals surface area contributed by atoms with Crippen LogP contribution in [-0.2, 0) is 0 Å². The Labute approximate surface area is 93.8 Å². The van der Waals surface area contributed by atoms with E-state index in [1.807, 2.05) is 41.5 Å². The van der Waals surface area contributed by atoms with Gasteiger partial charge in [-0.25, -0.2) is 0 Å². The van der Waals surface area contributed by atoms with Crippen molar-refractivity contribution >= 4 is 0 Å². The summed E-state index contributed by atoms with van der Waals surface area (Å²) in [6.07, 6.45) is 2.56. The minimum Gasteiger partial charge on any atom is -0.0999 e. The van der Waals surface area contributed by atoms with Gasteiger partial charge in [0, 0.05) is 0 Å². The van der Waals surface area contributed by atoms with Crippen LogP contribution < -0.4 is 0 Å². The molecule has 0 rings (SSSR count). The monoisotopic (exact) mass is 202 g/mol. The molecule has 90 valence electrons. The standard InChI is InChI=1S/C8H16.3C2H6/c1-5-6-8(4)7(2)3;3*1-2/h8H,2,5-6H2,1,3-4H3;3*1-2H3. The van der Waals surface area contributed by atoms with Crippen LogP contribution in [0.3, 0.4) is 0 Å². The van der Waals surface area contributed by atoms with Crippen LogP contribution in [0, 0.1) is 5.92 Å². The van der Waals surface area contributed by atoms with Gasteiger partial charge in [-0.3, -0.25) is 0 Å². The Balaban J connectivity index is -0.0000000708. The summed E-state index contributed by atoms with van der Waals surface area (Å²) < 4.78 is 0. The van der Waals surface area contributed by atoms with Gasteiger partial charge in [0.25, 0.3) is 0 Å². The molecule has 1 unspecified atom stereocenters. The molecule has 0 nitrogen and oxygen atoms in total. The van der Waals surface area contributed by atoms with Gasteiger partial charge in [-0.05, 0) is 19.3 Å².